The molecule has 2 amide bonds. The molecule has 0 radical (unpaired) electrons. The average Bonchev–Trinajstić information content (AvgIpc) is 2.70. The highest BCUT2D eigenvalue weighted by molar-refractivity contribution is 5.88. The van der Waals surface area contributed by atoms with Gasteiger partial charge in [0.25, 0.3) is 5.91 Å². The van der Waals surface area contributed by atoms with Crippen LogP contribution < -0.4 is 10.1 Å². The van der Waals surface area contributed by atoms with Crippen LogP contribution >= 0.6 is 0 Å². The Kier molecular flexibility index (Phi) is 8.39. The molecule has 0 aliphatic heterocycles. The molecule has 2 aromatic rings. The van der Waals surface area contributed by atoms with Gasteiger partial charge in [-0.2, -0.15) is 0 Å². The van der Waals surface area contributed by atoms with Gasteiger partial charge in [-0.3, -0.25) is 9.59 Å². The van der Waals surface area contributed by atoms with Gasteiger partial charge >= 0.3 is 0 Å². The Morgan fingerprint density at radius 2 is 1.73 bits per heavy atom. The maximum absolute atomic E-state index is 13.3. The van der Waals surface area contributed by atoms with Crippen LogP contribution in [-0.2, 0) is 16.1 Å². The number of ether oxygens (including phenoxy) is 1. The third-order valence-electron chi connectivity index (χ3n) is 4.80. The fraction of sp³-hybridized carbons (Fsp3) is 0.417. The van der Waals surface area contributed by atoms with Crippen LogP contribution in [-0.4, -0.2) is 35.9 Å². The van der Waals surface area contributed by atoms with Gasteiger partial charge < -0.3 is 15.0 Å². The van der Waals surface area contributed by atoms with Crippen LogP contribution in [0.3, 0.4) is 0 Å². The lowest BCUT2D eigenvalue weighted by Gasteiger charge is -2.29. The molecule has 162 valence electrons. The topological polar surface area (TPSA) is 58.6 Å². The number of benzene rings is 2. The zero-order valence-corrected chi connectivity index (χ0v) is 18.4. The molecule has 0 spiro atoms. The highest BCUT2D eigenvalue weighted by Gasteiger charge is 2.26. The molecule has 0 fully saturated rings. The lowest BCUT2D eigenvalue weighted by molar-refractivity contribution is -0.142. The number of rotatable bonds is 9. The number of hydrogen-bond acceptors (Lipinski definition) is 3. The van der Waals surface area contributed by atoms with Crippen LogP contribution in [0.4, 0.5) is 4.39 Å². The third kappa shape index (κ3) is 6.87. The summed E-state index contributed by atoms with van der Waals surface area (Å²) in [6, 6.07) is 11.0. The van der Waals surface area contributed by atoms with E-state index >= 15 is 0 Å². The Bertz CT molecular complexity index is 865. The first-order valence-corrected chi connectivity index (χ1v) is 10.2. The Labute approximate surface area is 178 Å². The molecular formula is C24H31FN2O3. The predicted molar refractivity (Wildman–Crippen MR) is 116 cm³/mol. The van der Waals surface area contributed by atoms with E-state index in [-0.39, 0.29) is 30.8 Å². The Hall–Kier alpha value is -2.89. The molecule has 2 rings (SSSR count). The van der Waals surface area contributed by atoms with Crippen molar-refractivity contribution < 1.29 is 18.7 Å². The fourth-order valence-corrected chi connectivity index (χ4v) is 3.01. The molecule has 30 heavy (non-hydrogen) atoms. The smallest absolute Gasteiger partial charge is 0.261 e. The number of halogens is 1. The van der Waals surface area contributed by atoms with Crippen LogP contribution in [0.2, 0.25) is 0 Å². The molecule has 0 aromatic heterocycles. The number of aryl methyl sites for hydroxylation is 2. The van der Waals surface area contributed by atoms with Crippen molar-refractivity contribution in [3.63, 3.8) is 0 Å². The molecule has 5 nitrogen and oxygen atoms in total. The Morgan fingerprint density at radius 3 is 2.33 bits per heavy atom. The van der Waals surface area contributed by atoms with Gasteiger partial charge in [0.05, 0.1) is 0 Å². The first kappa shape index (κ1) is 23.4. The van der Waals surface area contributed by atoms with Crippen molar-refractivity contribution in [2.45, 2.75) is 47.2 Å². The Morgan fingerprint density at radius 1 is 1.07 bits per heavy atom. The van der Waals surface area contributed by atoms with Gasteiger partial charge in [0.15, 0.2) is 6.61 Å². The number of carbonyl (C=O) groups is 2. The van der Waals surface area contributed by atoms with E-state index in [2.05, 4.69) is 5.32 Å². The van der Waals surface area contributed by atoms with Crippen molar-refractivity contribution in [3.05, 3.63) is 65.0 Å². The second-order valence-corrected chi connectivity index (χ2v) is 8.02. The minimum Gasteiger partial charge on any atom is -0.483 e. The number of hydrogen-bond donors (Lipinski definition) is 1. The molecule has 0 aliphatic carbocycles. The molecule has 0 saturated carbocycles. The first-order valence-electron chi connectivity index (χ1n) is 10.2. The van der Waals surface area contributed by atoms with Crippen LogP contribution in [0.15, 0.2) is 42.5 Å². The molecular weight excluding hydrogens is 383 g/mol. The van der Waals surface area contributed by atoms with Crippen molar-refractivity contribution in [3.8, 4) is 5.75 Å². The van der Waals surface area contributed by atoms with Crippen LogP contribution in [0.1, 0.15) is 37.5 Å². The zero-order valence-electron chi connectivity index (χ0n) is 18.4. The molecule has 0 aliphatic rings. The van der Waals surface area contributed by atoms with Crippen molar-refractivity contribution in [1.82, 2.24) is 10.2 Å². The first-order chi connectivity index (χ1) is 14.2. The third-order valence-corrected chi connectivity index (χ3v) is 4.80. The van der Waals surface area contributed by atoms with Gasteiger partial charge in [-0.05, 0) is 56.0 Å². The second kappa shape index (κ2) is 10.8. The van der Waals surface area contributed by atoms with E-state index in [9.17, 15) is 14.0 Å². The molecule has 2 aromatic carbocycles. The lowest BCUT2D eigenvalue weighted by atomic mass is 10.1. The summed E-state index contributed by atoms with van der Waals surface area (Å²) >= 11 is 0. The van der Waals surface area contributed by atoms with E-state index in [1.54, 1.807) is 19.1 Å². The summed E-state index contributed by atoms with van der Waals surface area (Å²) in [7, 11) is 0. The minimum absolute atomic E-state index is 0.186. The molecule has 1 N–H and O–H groups in total. The van der Waals surface area contributed by atoms with Crippen LogP contribution in [0, 0.1) is 25.6 Å². The van der Waals surface area contributed by atoms with E-state index in [1.807, 2.05) is 45.9 Å². The van der Waals surface area contributed by atoms with Gasteiger partial charge in [-0.1, -0.05) is 43.7 Å². The van der Waals surface area contributed by atoms with Gasteiger partial charge in [0.2, 0.25) is 5.91 Å². The lowest BCUT2D eigenvalue weighted by Crippen LogP contribution is -2.49. The number of nitrogens with zero attached hydrogens (tertiary/aromatic N) is 1. The number of amides is 2. The maximum atomic E-state index is 13.3. The van der Waals surface area contributed by atoms with E-state index in [0.717, 1.165) is 16.7 Å². The van der Waals surface area contributed by atoms with Crippen LogP contribution in [0.5, 0.6) is 5.75 Å². The summed E-state index contributed by atoms with van der Waals surface area (Å²) in [5.41, 5.74) is 2.79. The quantitative estimate of drug-likeness (QED) is 0.674. The van der Waals surface area contributed by atoms with Crippen LogP contribution in [0.25, 0.3) is 0 Å². The average molecular weight is 415 g/mol. The van der Waals surface area contributed by atoms with Crippen molar-refractivity contribution in [2.24, 2.45) is 5.92 Å². The largest absolute Gasteiger partial charge is 0.483 e. The molecule has 0 heterocycles. The van der Waals surface area contributed by atoms with Crippen molar-refractivity contribution in [1.29, 1.82) is 0 Å². The van der Waals surface area contributed by atoms with E-state index in [1.165, 1.54) is 17.0 Å². The normalized spacial score (nSPS) is 11.8. The molecule has 0 saturated heterocycles. The van der Waals surface area contributed by atoms with Gasteiger partial charge in [-0.25, -0.2) is 4.39 Å². The zero-order chi connectivity index (χ0) is 22.3. The number of carbonyl (C=O) groups excluding carboxylic acids is 2. The molecule has 1 atom stereocenters. The summed E-state index contributed by atoms with van der Waals surface area (Å²) in [4.78, 5) is 27.1. The fourth-order valence-electron chi connectivity index (χ4n) is 3.01. The summed E-state index contributed by atoms with van der Waals surface area (Å²) in [6.07, 6.45) is 0. The highest BCUT2D eigenvalue weighted by atomic mass is 19.1. The van der Waals surface area contributed by atoms with Crippen molar-refractivity contribution >= 4 is 11.8 Å². The molecule has 0 unspecified atom stereocenters. The monoisotopic (exact) mass is 414 g/mol. The molecule has 0 bridgehead atoms. The molecule has 6 heteroatoms. The summed E-state index contributed by atoms with van der Waals surface area (Å²) in [5.74, 6) is 0.0394. The van der Waals surface area contributed by atoms with E-state index in [4.69, 9.17) is 4.74 Å². The summed E-state index contributed by atoms with van der Waals surface area (Å²) in [5, 5.41) is 2.87. The SMILES string of the molecule is Cc1ccc(OCC(=O)N(Cc2ccc(F)cc2)[C@@H](C)C(=O)NCC(C)C)c(C)c1. The maximum Gasteiger partial charge on any atom is 0.261 e. The van der Waals surface area contributed by atoms with Crippen molar-refractivity contribution in [2.75, 3.05) is 13.2 Å². The minimum atomic E-state index is -0.691. The van der Waals surface area contributed by atoms with E-state index < -0.39 is 6.04 Å². The summed E-state index contributed by atoms with van der Waals surface area (Å²) < 4.78 is 19.0. The standard InChI is InChI=1S/C24H31FN2O3/c1-16(2)13-26-24(29)19(5)27(14-20-7-9-21(25)10-8-20)23(28)15-30-22-11-6-17(3)12-18(22)4/h6-12,16,19H,13-15H2,1-5H3,(H,26,29)/t19-/m0/s1. The predicted octanol–water partition coefficient (Wildman–Crippen LogP) is 4.01. The number of nitrogens with one attached hydrogen (secondary N) is 1. The van der Waals surface area contributed by atoms with E-state index in [0.29, 0.717) is 18.2 Å². The van der Waals surface area contributed by atoms with Gasteiger partial charge in [0.1, 0.15) is 17.6 Å². The van der Waals surface area contributed by atoms with Gasteiger partial charge in [-0.15, -0.1) is 0 Å². The van der Waals surface area contributed by atoms with Gasteiger partial charge in [0, 0.05) is 13.1 Å². The summed E-state index contributed by atoms with van der Waals surface area (Å²) in [6.45, 7) is 10.1. The highest BCUT2D eigenvalue weighted by Crippen LogP contribution is 2.19. The second-order valence-electron chi connectivity index (χ2n) is 8.02. The Balaban J connectivity index is 2.14.